The van der Waals surface area contributed by atoms with Crippen molar-refractivity contribution in [1.82, 2.24) is 0 Å². The lowest BCUT2D eigenvalue weighted by Crippen LogP contribution is -2.68. The van der Waals surface area contributed by atoms with Gasteiger partial charge in [0.25, 0.3) is 0 Å². The second-order valence-corrected chi connectivity index (χ2v) is 11.2. The maximum atomic E-state index is 13.6. The van der Waals surface area contributed by atoms with Crippen LogP contribution in [0.4, 0.5) is 0 Å². The quantitative estimate of drug-likeness (QED) is 0.516. The first kappa shape index (κ1) is 23.2. The average Bonchev–Trinajstić information content (AvgIpc) is 2.73. The number of hydrogen-bond acceptors (Lipinski definition) is 5. The second kappa shape index (κ2) is 7.51. The summed E-state index contributed by atoms with van der Waals surface area (Å²) in [6.07, 6.45) is 7.71. The van der Waals surface area contributed by atoms with Crippen LogP contribution in [0.25, 0.3) is 0 Å². The second-order valence-electron chi connectivity index (χ2n) is 11.2. The maximum absolute atomic E-state index is 13.6. The number of aliphatic hydroxyl groups excluding tert-OH is 1. The molecule has 174 valence electrons. The van der Waals surface area contributed by atoms with Crippen molar-refractivity contribution in [3.05, 3.63) is 35.1 Å². The van der Waals surface area contributed by atoms with Gasteiger partial charge in [-0.3, -0.25) is 14.4 Å². The van der Waals surface area contributed by atoms with Crippen molar-refractivity contribution < 1.29 is 24.2 Å². The van der Waals surface area contributed by atoms with E-state index < -0.39 is 17.6 Å². The molecule has 5 heteroatoms. The highest BCUT2D eigenvalue weighted by Gasteiger charge is 2.68. The summed E-state index contributed by atoms with van der Waals surface area (Å²) in [6, 6.07) is 0. The molecule has 2 saturated carbocycles. The van der Waals surface area contributed by atoms with Gasteiger partial charge in [-0.15, -0.1) is 0 Å². The molecule has 6 atom stereocenters. The van der Waals surface area contributed by atoms with Gasteiger partial charge >= 0.3 is 0 Å². The van der Waals surface area contributed by atoms with Crippen molar-refractivity contribution in [2.24, 2.45) is 28.6 Å². The van der Waals surface area contributed by atoms with Gasteiger partial charge < -0.3 is 9.84 Å². The molecule has 1 N–H and O–H groups in total. The molecule has 0 bridgehead atoms. The average molecular weight is 441 g/mol. The van der Waals surface area contributed by atoms with Crippen molar-refractivity contribution in [3.63, 3.8) is 0 Å². The number of Topliss-reactive ketones (excluding diaryl/α,β-unsaturated/α-hetero) is 1. The highest BCUT2D eigenvalue weighted by molar-refractivity contribution is 6.24. The van der Waals surface area contributed by atoms with Gasteiger partial charge in [-0.1, -0.05) is 40.7 Å². The van der Waals surface area contributed by atoms with Gasteiger partial charge in [0.1, 0.15) is 5.60 Å². The topological polar surface area (TPSA) is 80.7 Å². The Morgan fingerprint density at radius 1 is 1.22 bits per heavy atom. The van der Waals surface area contributed by atoms with Crippen LogP contribution in [0.2, 0.25) is 0 Å². The summed E-state index contributed by atoms with van der Waals surface area (Å²) >= 11 is 0. The van der Waals surface area contributed by atoms with E-state index in [-0.39, 0.29) is 45.4 Å². The van der Waals surface area contributed by atoms with E-state index in [2.05, 4.69) is 27.7 Å². The van der Waals surface area contributed by atoms with Crippen molar-refractivity contribution in [2.45, 2.75) is 85.4 Å². The van der Waals surface area contributed by atoms with E-state index >= 15 is 0 Å². The molecular formula is C27H36O5. The minimum atomic E-state index is -0.697. The molecule has 1 heterocycles. The molecule has 4 rings (SSSR count). The van der Waals surface area contributed by atoms with Crippen LogP contribution in [-0.2, 0) is 19.1 Å². The number of ketones is 3. The molecule has 0 amide bonds. The first-order valence-electron chi connectivity index (χ1n) is 12.0. The SMILES string of the molecule is CC=CC(=O)C(C)C1=CC(=O)C2=C(OC34CCC(O)C(C)(C)C3CCC(C)C4(C)C2)C1=O. The third kappa shape index (κ3) is 2.96. The lowest BCUT2D eigenvalue weighted by Gasteiger charge is -2.67. The van der Waals surface area contributed by atoms with Gasteiger partial charge in [0, 0.05) is 28.4 Å². The van der Waals surface area contributed by atoms with Crippen molar-refractivity contribution in [2.75, 3.05) is 0 Å². The predicted molar refractivity (Wildman–Crippen MR) is 122 cm³/mol. The Labute approximate surface area is 191 Å². The number of allylic oxidation sites excluding steroid dienone is 5. The molecule has 1 aliphatic heterocycles. The minimum absolute atomic E-state index is 0.0772. The highest BCUT2D eigenvalue weighted by Crippen LogP contribution is 2.67. The normalized spacial score (nSPS) is 39.6. The molecule has 1 spiro atoms. The fraction of sp³-hybridized carbons (Fsp3) is 0.667. The third-order valence-electron chi connectivity index (χ3n) is 9.43. The van der Waals surface area contributed by atoms with Crippen LogP contribution in [0.5, 0.6) is 0 Å². The Hall–Kier alpha value is -2.01. The van der Waals surface area contributed by atoms with Gasteiger partial charge in [-0.05, 0) is 62.5 Å². The smallest absolute Gasteiger partial charge is 0.224 e. The Bertz CT molecular complexity index is 967. The van der Waals surface area contributed by atoms with Crippen LogP contribution in [0.15, 0.2) is 35.1 Å². The zero-order valence-corrected chi connectivity index (χ0v) is 20.2. The molecule has 5 nitrogen and oxygen atoms in total. The highest BCUT2D eigenvalue weighted by atomic mass is 16.5. The summed E-state index contributed by atoms with van der Waals surface area (Å²) in [4.78, 5) is 39.2. The Morgan fingerprint density at radius 3 is 2.56 bits per heavy atom. The van der Waals surface area contributed by atoms with E-state index in [0.29, 0.717) is 30.8 Å². The molecule has 32 heavy (non-hydrogen) atoms. The van der Waals surface area contributed by atoms with Crippen LogP contribution >= 0.6 is 0 Å². The fourth-order valence-corrected chi connectivity index (χ4v) is 7.02. The van der Waals surface area contributed by atoms with E-state index in [1.165, 1.54) is 12.2 Å². The van der Waals surface area contributed by atoms with Crippen LogP contribution in [-0.4, -0.2) is 34.2 Å². The molecule has 6 unspecified atom stereocenters. The van der Waals surface area contributed by atoms with Crippen molar-refractivity contribution in [1.29, 1.82) is 0 Å². The summed E-state index contributed by atoms with van der Waals surface area (Å²) in [5.74, 6) is -0.893. The van der Waals surface area contributed by atoms with Gasteiger partial charge in [-0.2, -0.15) is 0 Å². The number of carbonyl (C=O) groups excluding carboxylic acids is 3. The number of ether oxygens (including phenoxy) is 1. The van der Waals surface area contributed by atoms with Crippen LogP contribution < -0.4 is 0 Å². The number of aliphatic hydroxyl groups is 1. The van der Waals surface area contributed by atoms with Gasteiger partial charge in [0.15, 0.2) is 17.3 Å². The number of rotatable bonds is 3. The minimum Gasteiger partial charge on any atom is -0.482 e. The number of hydrogen-bond donors (Lipinski definition) is 1. The molecule has 4 aliphatic rings. The lowest BCUT2D eigenvalue weighted by molar-refractivity contribution is -0.255. The third-order valence-corrected chi connectivity index (χ3v) is 9.43. The molecule has 0 aromatic heterocycles. The summed E-state index contributed by atoms with van der Waals surface area (Å²) in [6.45, 7) is 12.0. The lowest BCUT2D eigenvalue weighted by atomic mass is 9.43. The molecule has 0 saturated heterocycles. The van der Waals surface area contributed by atoms with E-state index in [9.17, 15) is 19.5 Å². The zero-order valence-electron chi connectivity index (χ0n) is 20.2. The Kier molecular flexibility index (Phi) is 5.44. The van der Waals surface area contributed by atoms with Crippen LogP contribution in [0, 0.1) is 28.6 Å². The first-order chi connectivity index (χ1) is 14.9. The molecule has 0 radical (unpaired) electrons. The fourth-order valence-electron chi connectivity index (χ4n) is 7.02. The van der Waals surface area contributed by atoms with Crippen molar-refractivity contribution >= 4 is 17.3 Å². The summed E-state index contributed by atoms with van der Waals surface area (Å²) in [5, 5.41) is 10.8. The first-order valence-corrected chi connectivity index (χ1v) is 12.0. The van der Waals surface area contributed by atoms with Crippen LogP contribution in [0.1, 0.15) is 73.6 Å². The summed E-state index contributed by atoms with van der Waals surface area (Å²) in [7, 11) is 0. The Morgan fingerprint density at radius 2 is 1.91 bits per heavy atom. The number of carbonyl (C=O) groups is 3. The molecule has 3 aliphatic carbocycles. The van der Waals surface area contributed by atoms with E-state index in [4.69, 9.17) is 4.74 Å². The summed E-state index contributed by atoms with van der Waals surface area (Å²) in [5.41, 5.74) is -0.602. The van der Waals surface area contributed by atoms with Gasteiger partial charge in [-0.25, -0.2) is 0 Å². The monoisotopic (exact) mass is 440 g/mol. The van der Waals surface area contributed by atoms with E-state index in [1.54, 1.807) is 19.9 Å². The van der Waals surface area contributed by atoms with Crippen LogP contribution in [0.3, 0.4) is 0 Å². The van der Waals surface area contributed by atoms with Gasteiger partial charge in [0.05, 0.1) is 6.10 Å². The maximum Gasteiger partial charge on any atom is 0.224 e. The molecular weight excluding hydrogens is 404 g/mol. The molecule has 0 aromatic carbocycles. The van der Waals surface area contributed by atoms with Gasteiger partial charge in [0.2, 0.25) is 5.78 Å². The predicted octanol–water partition coefficient (Wildman–Crippen LogP) is 4.49. The standard InChI is InChI=1S/C27H36O5/c1-7-8-19(28)16(3)17-13-20(29)18-14-26(6)15(2)9-10-21-25(4,5)22(30)11-12-27(21,26)32-24(18)23(17)31/h7-8,13,15-16,21-22,30H,9-12,14H2,1-6H3. The zero-order chi connectivity index (χ0) is 23.6. The van der Waals surface area contributed by atoms with Crippen molar-refractivity contribution in [3.8, 4) is 0 Å². The van der Waals surface area contributed by atoms with E-state index in [0.717, 1.165) is 12.8 Å². The largest absolute Gasteiger partial charge is 0.482 e. The summed E-state index contributed by atoms with van der Waals surface area (Å²) < 4.78 is 6.77. The van der Waals surface area contributed by atoms with E-state index in [1.807, 2.05) is 0 Å². The molecule has 0 aromatic rings. The Balaban J connectivity index is 1.80. The molecule has 2 fully saturated rings.